The van der Waals surface area contributed by atoms with E-state index in [-0.39, 0.29) is 29.3 Å². The van der Waals surface area contributed by atoms with Crippen molar-refractivity contribution < 1.29 is 27.4 Å². The second kappa shape index (κ2) is 12.5. The van der Waals surface area contributed by atoms with E-state index in [4.69, 9.17) is 14.5 Å². The third-order valence-electron chi connectivity index (χ3n) is 9.71. The summed E-state index contributed by atoms with van der Waals surface area (Å²) in [5.41, 5.74) is 2.29. The van der Waals surface area contributed by atoms with Crippen LogP contribution in [0.25, 0.3) is 11.3 Å². The van der Waals surface area contributed by atoms with Crippen molar-refractivity contribution in [1.82, 2.24) is 20.2 Å². The number of nitrogens with one attached hydrogen (secondary N) is 1. The Morgan fingerprint density at radius 2 is 2.00 bits per heavy atom. The van der Waals surface area contributed by atoms with Crippen LogP contribution in [-0.4, -0.2) is 66.7 Å². The number of hydrogen-bond acceptors (Lipinski definition) is 7. The first-order valence-electron chi connectivity index (χ1n) is 15.8. The molecule has 3 aliphatic rings. The smallest absolute Gasteiger partial charge is 0.421 e. The van der Waals surface area contributed by atoms with Gasteiger partial charge < -0.3 is 24.6 Å². The van der Waals surface area contributed by atoms with Crippen LogP contribution in [0, 0.1) is 5.92 Å². The quantitative estimate of drug-likeness (QED) is 0.355. The first kappa shape index (κ1) is 31.1. The average molecular weight is 624 g/mol. The Balaban J connectivity index is 1.41. The predicted molar refractivity (Wildman–Crippen MR) is 165 cm³/mol. The molecule has 45 heavy (non-hydrogen) atoms. The molecule has 0 radical (unpaired) electrons. The number of benzene rings is 1. The molecule has 1 aromatic carbocycles. The van der Waals surface area contributed by atoms with Crippen LogP contribution in [0.15, 0.2) is 48.7 Å². The maximum Gasteiger partial charge on any atom is 0.421 e. The summed E-state index contributed by atoms with van der Waals surface area (Å²) in [5, 5.41) is 3.35. The molecule has 3 atom stereocenters. The topological polar surface area (TPSA) is 79.8 Å². The van der Waals surface area contributed by atoms with E-state index in [0.29, 0.717) is 50.8 Å². The number of piperidine rings is 1. The van der Waals surface area contributed by atoms with E-state index in [1.54, 1.807) is 12.3 Å². The van der Waals surface area contributed by atoms with Gasteiger partial charge in [-0.05, 0) is 74.5 Å². The van der Waals surface area contributed by atoms with Crippen molar-refractivity contribution in [2.24, 2.45) is 5.92 Å². The second-order valence-corrected chi connectivity index (χ2v) is 12.1. The Morgan fingerprint density at radius 1 is 1.16 bits per heavy atom. The standard InChI is InChI=1S/C34H40F3N5O3/c1-4-22-19-41(28-11-6-12-29(44-3)30(28)34(35,36)37)18-15-33(22)21-42(32(43)26-10-8-16-38-26)20-27-24(33)13-14-25(40-27)23-9-7-17-39-31(23)45-5-2/h6-7,9,11-14,17,22,26,38H,4-5,8,10,15-16,18-21H2,1-3H3/t22?,26-,33?/m0/s1. The van der Waals surface area contributed by atoms with Gasteiger partial charge in [-0.15, -0.1) is 0 Å². The largest absolute Gasteiger partial charge is 0.496 e. The van der Waals surface area contributed by atoms with Crippen molar-refractivity contribution in [3.05, 3.63) is 65.5 Å². The summed E-state index contributed by atoms with van der Waals surface area (Å²) >= 11 is 0. The number of pyridine rings is 2. The normalized spacial score (nSPS) is 23.2. The van der Waals surface area contributed by atoms with Gasteiger partial charge >= 0.3 is 6.18 Å². The number of hydrogen-bond donors (Lipinski definition) is 1. The molecule has 3 aliphatic heterocycles. The Kier molecular flexibility index (Phi) is 8.65. The zero-order valence-corrected chi connectivity index (χ0v) is 26.0. The van der Waals surface area contributed by atoms with Gasteiger partial charge in [0.25, 0.3) is 0 Å². The van der Waals surface area contributed by atoms with Crippen LogP contribution in [0.1, 0.15) is 56.4 Å². The first-order valence-corrected chi connectivity index (χ1v) is 15.8. The zero-order valence-electron chi connectivity index (χ0n) is 26.0. The Morgan fingerprint density at radius 3 is 2.71 bits per heavy atom. The van der Waals surface area contributed by atoms with Gasteiger partial charge in [0.05, 0.1) is 48.9 Å². The summed E-state index contributed by atoms with van der Waals surface area (Å²) in [6, 6.07) is 12.1. The maximum absolute atomic E-state index is 14.3. The van der Waals surface area contributed by atoms with E-state index in [9.17, 15) is 18.0 Å². The van der Waals surface area contributed by atoms with E-state index in [2.05, 4.69) is 23.3 Å². The summed E-state index contributed by atoms with van der Waals surface area (Å²) in [6.45, 7) is 6.95. The highest BCUT2D eigenvalue weighted by Gasteiger charge is 2.51. The molecular weight excluding hydrogens is 583 g/mol. The first-order chi connectivity index (χ1) is 21.7. The van der Waals surface area contributed by atoms with Crippen molar-refractivity contribution in [3.63, 3.8) is 0 Å². The molecule has 0 bridgehead atoms. The van der Waals surface area contributed by atoms with Crippen LogP contribution in [-0.2, 0) is 22.9 Å². The lowest BCUT2D eigenvalue weighted by atomic mass is 9.62. The van der Waals surface area contributed by atoms with Crippen molar-refractivity contribution in [3.8, 4) is 22.9 Å². The van der Waals surface area contributed by atoms with Crippen LogP contribution in [0.4, 0.5) is 18.9 Å². The van der Waals surface area contributed by atoms with Crippen LogP contribution in [0.2, 0.25) is 0 Å². The summed E-state index contributed by atoms with van der Waals surface area (Å²) in [7, 11) is 1.27. The Hall–Kier alpha value is -3.86. The molecule has 240 valence electrons. The lowest BCUT2D eigenvalue weighted by Gasteiger charge is -2.53. The number of halogens is 3. The highest BCUT2D eigenvalue weighted by atomic mass is 19.4. The molecule has 1 spiro atoms. The molecule has 11 heteroatoms. The van der Waals surface area contributed by atoms with Crippen LogP contribution < -0.4 is 19.7 Å². The van der Waals surface area contributed by atoms with Crippen molar-refractivity contribution in [2.75, 3.05) is 44.8 Å². The lowest BCUT2D eigenvalue weighted by Crippen LogP contribution is -2.60. The molecule has 8 nitrogen and oxygen atoms in total. The van der Waals surface area contributed by atoms with E-state index in [1.807, 2.05) is 34.9 Å². The fourth-order valence-electron chi connectivity index (χ4n) is 7.61. The lowest BCUT2D eigenvalue weighted by molar-refractivity contribution is -0.138. The molecule has 2 aromatic heterocycles. The molecule has 2 fully saturated rings. The van der Waals surface area contributed by atoms with Gasteiger partial charge in [0.15, 0.2) is 0 Å². The molecular formula is C34H40F3N5O3. The fraction of sp³-hybridized carbons (Fsp3) is 0.500. The van der Waals surface area contributed by atoms with Gasteiger partial charge in [-0.25, -0.2) is 4.98 Å². The number of amides is 1. The average Bonchev–Trinajstić information content (AvgIpc) is 3.59. The number of carbonyl (C=O) groups excluding carboxylic acids is 1. The number of ether oxygens (including phenoxy) is 2. The summed E-state index contributed by atoms with van der Waals surface area (Å²) in [6.07, 6.45) is 0.155. The number of carbonyl (C=O) groups is 1. The highest BCUT2D eigenvalue weighted by molar-refractivity contribution is 5.83. The number of anilines is 1. The van der Waals surface area contributed by atoms with Crippen molar-refractivity contribution >= 4 is 11.6 Å². The van der Waals surface area contributed by atoms with Gasteiger partial charge in [0, 0.05) is 31.2 Å². The number of rotatable bonds is 7. The summed E-state index contributed by atoms with van der Waals surface area (Å²) in [5.74, 6) is 0.343. The SMILES string of the molecule is CCOc1ncccc1-c1ccc2c(n1)CN(C(=O)[C@@H]1CCCN1)CC21CCN(c2cccc(OC)c2C(F)(F)F)CC1CC. The second-order valence-electron chi connectivity index (χ2n) is 12.1. The van der Waals surface area contributed by atoms with E-state index >= 15 is 0 Å². The fourth-order valence-corrected chi connectivity index (χ4v) is 7.61. The van der Waals surface area contributed by atoms with Gasteiger partial charge in [-0.3, -0.25) is 9.78 Å². The molecule has 1 N–H and O–H groups in total. The van der Waals surface area contributed by atoms with Gasteiger partial charge in [-0.1, -0.05) is 25.5 Å². The summed E-state index contributed by atoms with van der Waals surface area (Å²) < 4.78 is 54.0. The van der Waals surface area contributed by atoms with Crippen LogP contribution in [0.5, 0.6) is 11.6 Å². The minimum absolute atomic E-state index is 0.0329. The summed E-state index contributed by atoms with van der Waals surface area (Å²) in [4.78, 5) is 27.2. The molecule has 0 aliphatic carbocycles. The number of fused-ring (bicyclic) bond motifs is 2. The molecule has 1 amide bonds. The number of aromatic nitrogens is 2. The Bertz CT molecular complexity index is 1540. The van der Waals surface area contributed by atoms with Gasteiger partial charge in [0.1, 0.15) is 11.3 Å². The van der Waals surface area contributed by atoms with Crippen molar-refractivity contribution in [2.45, 2.75) is 63.7 Å². The van der Waals surface area contributed by atoms with Crippen LogP contribution >= 0.6 is 0 Å². The molecule has 6 rings (SSSR count). The third kappa shape index (κ3) is 5.71. The molecule has 3 aromatic rings. The van der Waals surface area contributed by atoms with Crippen LogP contribution in [0.3, 0.4) is 0 Å². The molecule has 0 saturated carbocycles. The highest BCUT2D eigenvalue weighted by Crippen LogP contribution is 2.50. The maximum atomic E-state index is 14.3. The predicted octanol–water partition coefficient (Wildman–Crippen LogP) is 5.84. The zero-order chi connectivity index (χ0) is 31.8. The minimum Gasteiger partial charge on any atom is -0.496 e. The molecule has 2 unspecified atom stereocenters. The molecule has 2 saturated heterocycles. The number of alkyl halides is 3. The minimum atomic E-state index is -4.57. The van der Waals surface area contributed by atoms with E-state index in [1.165, 1.54) is 19.2 Å². The van der Waals surface area contributed by atoms with E-state index in [0.717, 1.165) is 42.6 Å². The van der Waals surface area contributed by atoms with E-state index < -0.39 is 17.2 Å². The van der Waals surface area contributed by atoms with Crippen molar-refractivity contribution in [1.29, 1.82) is 0 Å². The number of nitrogens with zero attached hydrogens (tertiary/aromatic N) is 4. The third-order valence-corrected chi connectivity index (χ3v) is 9.71. The number of methoxy groups -OCH3 is 1. The Labute approximate surface area is 261 Å². The van der Waals surface area contributed by atoms with Gasteiger partial charge in [-0.2, -0.15) is 13.2 Å². The monoisotopic (exact) mass is 623 g/mol. The molecule has 5 heterocycles. The van der Waals surface area contributed by atoms with Gasteiger partial charge in [0.2, 0.25) is 11.8 Å².